The molecule has 1 amide bonds. The van der Waals surface area contributed by atoms with Gasteiger partial charge in [-0.05, 0) is 27.8 Å². The van der Waals surface area contributed by atoms with Crippen LogP contribution in [0.3, 0.4) is 0 Å². The Morgan fingerprint density at radius 2 is 1.52 bits per heavy atom. The Hall–Kier alpha value is -3.29. The van der Waals surface area contributed by atoms with Crippen molar-refractivity contribution in [2.24, 2.45) is 0 Å². The highest BCUT2D eigenvalue weighted by molar-refractivity contribution is 7.92. The Labute approximate surface area is 196 Å². The quantitative estimate of drug-likeness (QED) is 0.291. The van der Waals surface area contributed by atoms with Crippen LogP contribution in [0.2, 0.25) is 0 Å². The second-order valence-corrected chi connectivity index (χ2v) is 8.70. The third kappa shape index (κ3) is 4.47. The summed E-state index contributed by atoms with van der Waals surface area (Å²) >= 11 is 0.841. The number of ether oxygens (including phenoxy) is 2. The first-order valence-electron chi connectivity index (χ1n) is 10.9. The molecule has 0 saturated carbocycles. The molecule has 0 bridgehead atoms. The van der Waals surface area contributed by atoms with Crippen LogP contribution in [0.15, 0.2) is 78.9 Å². The maximum Gasteiger partial charge on any atom is 0.422 e. The number of amides is 1. The molecule has 5 rings (SSSR count). The summed E-state index contributed by atoms with van der Waals surface area (Å²) in [5.74, 6) is -0.524. The van der Waals surface area contributed by atoms with Gasteiger partial charge in [-0.25, -0.2) is 13.9 Å². The van der Waals surface area contributed by atoms with E-state index in [0.717, 1.165) is 40.0 Å². The molecule has 0 radical (unpaired) electrons. The lowest BCUT2D eigenvalue weighted by Gasteiger charge is -2.31. The minimum Gasteiger partial charge on any atom is -0.459 e. The molecular weight excluding hydrogens is 438 g/mol. The van der Waals surface area contributed by atoms with Crippen molar-refractivity contribution in [1.29, 1.82) is 0 Å². The largest absolute Gasteiger partial charge is 0.459 e. The predicted octanol–water partition coefficient (Wildman–Crippen LogP) is 5.33. The Bertz CT molecular complexity index is 1110. The van der Waals surface area contributed by atoms with E-state index in [0.29, 0.717) is 13.0 Å². The number of hydrogen-bond acceptors (Lipinski definition) is 6. The van der Waals surface area contributed by atoms with Gasteiger partial charge in [-0.1, -0.05) is 78.9 Å². The van der Waals surface area contributed by atoms with E-state index < -0.39 is 18.1 Å². The van der Waals surface area contributed by atoms with E-state index in [4.69, 9.17) is 13.7 Å². The maximum atomic E-state index is 13.0. The van der Waals surface area contributed by atoms with Gasteiger partial charge in [-0.2, -0.15) is 0 Å². The van der Waals surface area contributed by atoms with Gasteiger partial charge in [0.2, 0.25) is 0 Å². The molecule has 168 valence electrons. The lowest BCUT2D eigenvalue weighted by Crippen LogP contribution is -2.45. The number of carbonyl (C=O) groups is 2. The molecule has 7 heteroatoms. The third-order valence-electron chi connectivity index (χ3n) is 5.90. The highest BCUT2D eigenvalue weighted by atomic mass is 32.2. The Morgan fingerprint density at radius 3 is 2.21 bits per heavy atom. The number of benzene rings is 3. The smallest absolute Gasteiger partial charge is 0.422 e. The summed E-state index contributed by atoms with van der Waals surface area (Å²) in [6.07, 6.45) is -0.256. The topological polar surface area (TPSA) is 65.1 Å². The Morgan fingerprint density at radius 1 is 0.879 bits per heavy atom. The van der Waals surface area contributed by atoms with Gasteiger partial charge in [0.1, 0.15) is 31.5 Å². The third-order valence-corrected chi connectivity index (χ3v) is 6.74. The van der Waals surface area contributed by atoms with Gasteiger partial charge in [-0.3, -0.25) is 4.18 Å². The number of esters is 1. The molecule has 0 aromatic heterocycles. The number of rotatable bonds is 5. The summed E-state index contributed by atoms with van der Waals surface area (Å²) in [6.45, 7) is 0.679. The molecule has 33 heavy (non-hydrogen) atoms. The zero-order valence-corrected chi connectivity index (χ0v) is 18.7. The zero-order valence-electron chi connectivity index (χ0n) is 17.9. The fraction of sp³-hybridized carbons (Fsp3) is 0.231. The summed E-state index contributed by atoms with van der Waals surface area (Å²) in [7, 11) is 0. The molecule has 1 heterocycles. The van der Waals surface area contributed by atoms with Crippen molar-refractivity contribution in [3.8, 4) is 11.1 Å². The van der Waals surface area contributed by atoms with E-state index in [1.54, 1.807) is 0 Å². The SMILES string of the molecule is O=C(OCc1ccccc1)[C@H]1CCOSN1C(=O)OCC1c2ccccc2-c2ccccc21. The molecule has 1 atom stereocenters. The van der Waals surface area contributed by atoms with Gasteiger partial charge in [0.25, 0.3) is 0 Å². The van der Waals surface area contributed by atoms with Crippen LogP contribution in [0.25, 0.3) is 11.1 Å². The monoisotopic (exact) mass is 461 g/mol. The van der Waals surface area contributed by atoms with Crippen molar-refractivity contribution in [3.05, 3.63) is 95.6 Å². The van der Waals surface area contributed by atoms with Gasteiger partial charge < -0.3 is 9.47 Å². The van der Waals surface area contributed by atoms with Crippen LogP contribution in [0.5, 0.6) is 0 Å². The van der Waals surface area contributed by atoms with Crippen LogP contribution < -0.4 is 0 Å². The van der Waals surface area contributed by atoms with Crippen LogP contribution >= 0.6 is 12.2 Å². The average Bonchev–Trinajstić information content (AvgIpc) is 3.20. The normalized spacial score (nSPS) is 17.2. The molecule has 1 aliphatic heterocycles. The molecule has 3 aromatic carbocycles. The van der Waals surface area contributed by atoms with Crippen LogP contribution in [0, 0.1) is 0 Å². The summed E-state index contributed by atoms with van der Waals surface area (Å²) < 4.78 is 17.8. The molecule has 0 spiro atoms. The van der Waals surface area contributed by atoms with Gasteiger partial charge >= 0.3 is 12.1 Å². The van der Waals surface area contributed by atoms with Crippen molar-refractivity contribution < 1.29 is 23.2 Å². The maximum absolute atomic E-state index is 13.0. The molecule has 1 fully saturated rings. The number of fused-ring (bicyclic) bond motifs is 3. The number of hydrogen-bond donors (Lipinski definition) is 0. The van der Waals surface area contributed by atoms with Crippen LogP contribution in [-0.2, 0) is 25.1 Å². The number of carbonyl (C=O) groups excluding carboxylic acids is 2. The first-order valence-corrected chi connectivity index (χ1v) is 11.6. The number of nitrogens with zero attached hydrogens (tertiary/aromatic N) is 1. The van der Waals surface area contributed by atoms with Crippen LogP contribution in [-0.4, -0.2) is 35.6 Å². The van der Waals surface area contributed by atoms with Crippen LogP contribution in [0.1, 0.15) is 29.0 Å². The minimum absolute atomic E-state index is 0.0551. The van der Waals surface area contributed by atoms with Gasteiger partial charge in [0.15, 0.2) is 0 Å². The molecule has 3 aromatic rings. The van der Waals surface area contributed by atoms with Crippen molar-refractivity contribution in [3.63, 3.8) is 0 Å². The van der Waals surface area contributed by atoms with E-state index in [1.165, 1.54) is 4.31 Å². The molecule has 0 N–H and O–H groups in total. The first kappa shape index (κ1) is 21.6. The lowest BCUT2D eigenvalue weighted by atomic mass is 9.98. The van der Waals surface area contributed by atoms with Crippen molar-refractivity contribution in [2.45, 2.75) is 25.0 Å². The van der Waals surface area contributed by atoms with E-state index in [1.807, 2.05) is 54.6 Å². The minimum atomic E-state index is -0.761. The second-order valence-electron chi connectivity index (χ2n) is 7.92. The molecule has 1 aliphatic carbocycles. The average molecular weight is 462 g/mol. The summed E-state index contributed by atoms with van der Waals surface area (Å²) in [4.78, 5) is 25.7. The van der Waals surface area contributed by atoms with Gasteiger partial charge in [0, 0.05) is 12.3 Å². The molecule has 1 saturated heterocycles. The molecule has 2 aliphatic rings. The van der Waals surface area contributed by atoms with Gasteiger partial charge in [-0.15, -0.1) is 0 Å². The fourth-order valence-corrected chi connectivity index (χ4v) is 4.97. The second kappa shape index (κ2) is 9.68. The first-order chi connectivity index (χ1) is 16.2. The predicted molar refractivity (Wildman–Crippen MR) is 125 cm³/mol. The summed E-state index contributed by atoms with van der Waals surface area (Å²) in [6, 6.07) is 25.0. The van der Waals surface area contributed by atoms with E-state index >= 15 is 0 Å². The Balaban J connectivity index is 1.25. The highest BCUT2D eigenvalue weighted by Gasteiger charge is 2.38. The Kier molecular flexibility index (Phi) is 6.32. The standard InChI is InChI=1S/C26H23NO5S/c28-25(30-16-18-8-2-1-3-9-18)24-14-15-32-33-27(24)26(29)31-17-23-21-12-6-4-10-19(21)20-11-5-7-13-22(20)23/h1-13,23-24H,14-17H2/t24-/m1/s1. The fourth-order valence-electron chi connectivity index (χ4n) is 4.28. The van der Waals surface area contributed by atoms with Crippen molar-refractivity contribution in [1.82, 2.24) is 4.31 Å². The highest BCUT2D eigenvalue weighted by Crippen LogP contribution is 2.44. The van der Waals surface area contributed by atoms with Crippen molar-refractivity contribution in [2.75, 3.05) is 13.2 Å². The van der Waals surface area contributed by atoms with Gasteiger partial charge in [0.05, 0.1) is 6.61 Å². The summed E-state index contributed by atoms with van der Waals surface area (Å²) in [5.41, 5.74) is 5.47. The van der Waals surface area contributed by atoms with E-state index in [-0.39, 0.29) is 19.1 Å². The molecule has 6 nitrogen and oxygen atoms in total. The zero-order chi connectivity index (χ0) is 22.6. The van der Waals surface area contributed by atoms with E-state index in [9.17, 15) is 9.59 Å². The molecule has 0 unspecified atom stereocenters. The lowest BCUT2D eigenvalue weighted by molar-refractivity contribution is -0.150. The van der Waals surface area contributed by atoms with Crippen LogP contribution in [0.4, 0.5) is 4.79 Å². The molecular formula is C26H23NO5S. The summed E-state index contributed by atoms with van der Waals surface area (Å²) in [5, 5.41) is 0. The van der Waals surface area contributed by atoms with E-state index in [2.05, 4.69) is 24.3 Å². The van der Waals surface area contributed by atoms with Crippen molar-refractivity contribution >= 4 is 24.3 Å².